The Morgan fingerprint density at radius 3 is 2.39 bits per heavy atom. The molecule has 0 bridgehead atoms. The molecule has 1 saturated carbocycles. The van der Waals surface area contributed by atoms with E-state index in [9.17, 15) is 24.6 Å². The lowest BCUT2D eigenvalue weighted by atomic mass is 9.82. The first-order chi connectivity index (χ1) is 22.1. The number of nitrogens with one attached hydrogen (secondary N) is 2. The summed E-state index contributed by atoms with van der Waals surface area (Å²) < 4.78 is 5.11. The maximum absolute atomic E-state index is 14.0. The first-order valence-corrected chi connectivity index (χ1v) is 17.6. The quantitative estimate of drug-likeness (QED) is 0.180. The number of hydrogen-bond acceptors (Lipinski definition) is 8. The third-order valence-corrected chi connectivity index (χ3v) is 9.50. The molecule has 4 N–H and O–H groups in total. The zero-order valence-electron chi connectivity index (χ0n) is 27.9. The van der Waals surface area contributed by atoms with Crippen LogP contribution in [0.2, 0.25) is 0 Å². The van der Waals surface area contributed by atoms with Crippen molar-refractivity contribution in [3.05, 3.63) is 52.5 Å². The first-order valence-electron chi connectivity index (χ1n) is 16.7. The summed E-state index contributed by atoms with van der Waals surface area (Å²) >= 11 is 1.40. The zero-order valence-corrected chi connectivity index (χ0v) is 28.7. The number of benzene rings is 1. The molecule has 0 unspecified atom stereocenters. The molecule has 46 heavy (non-hydrogen) atoms. The summed E-state index contributed by atoms with van der Waals surface area (Å²) in [6.07, 6.45) is 4.72. The Bertz CT molecular complexity index is 1180. The number of likely N-dealkylation sites (N-methyl/N-ethyl adjacent to an activating group) is 1. The number of aliphatic hydroxyl groups excluding tert-OH is 2. The van der Waals surface area contributed by atoms with Crippen LogP contribution in [0.25, 0.3) is 0 Å². The van der Waals surface area contributed by atoms with Crippen LogP contribution in [0.5, 0.6) is 0 Å². The van der Waals surface area contributed by atoms with E-state index >= 15 is 0 Å². The van der Waals surface area contributed by atoms with E-state index in [-0.39, 0.29) is 24.7 Å². The normalized spacial score (nSPS) is 17.1. The van der Waals surface area contributed by atoms with Gasteiger partial charge in [-0.1, -0.05) is 76.3 Å². The van der Waals surface area contributed by atoms with Crippen molar-refractivity contribution in [1.29, 1.82) is 0 Å². The minimum Gasteiger partial charge on any atom is -0.390 e. The number of carbonyl (C=O) groups is 3. The molecule has 0 spiro atoms. The predicted octanol–water partition coefficient (Wildman–Crippen LogP) is 3.75. The number of rotatable bonds is 19. The molecule has 1 heterocycles. The number of methoxy groups -OCH3 is 1. The highest BCUT2D eigenvalue weighted by Gasteiger charge is 2.34. The number of aromatic nitrogens is 1. The van der Waals surface area contributed by atoms with E-state index in [1.807, 2.05) is 49.6 Å². The molecule has 10 nitrogen and oxygen atoms in total. The standard InChI is InChI=1S/C35H54N4O6S/c1-24(2)17-31(40)33(42)29(19-26-13-9-6-10-14-26)37-35(44)30(21-28-22-46-23-36-28)38-34(43)27(18-25-11-7-5-8-12-25)20-32(41)39(3)15-16-45-4/h5,7-8,11-12,22-24,26-27,29-31,33,40,42H,6,9-10,13-21H2,1-4H3,(H,37,44)(H,38,43)/t27-,29+,30+,31+,33-/m1/s1. The molecule has 2 aromatic rings. The summed E-state index contributed by atoms with van der Waals surface area (Å²) in [5.74, 6) is -1.25. The Morgan fingerprint density at radius 2 is 1.76 bits per heavy atom. The second-order valence-corrected chi connectivity index (χ2v) is 13.9. The smallest absolute Gasteiger partial charge is 0.243 e. The number of ether oxygens (including phenoxy) is 1. The van der Waals surface area contributed by atoms with Gasteiger partial charge in [-0.3, -0.25) is 14.4 Å². The van der Waals surface area contributed by atoms with Crippen LogP contribution in [0, 0.1) is 17.8 Å². The zero-order chi connectivity index (χ0) is 33.5. The number of thiazole rings is 1. The van der Waals surface area contributed by atoms with E-state index in [0.717, 1.165) is 31.2 Å². The number of nitrogens with zero attached hydrogens (tertiary/aromatic N) is 2. The topological polar surface area (TPSA) is 141 Å². The van der Waals surface area contributed by atoms with Gasteiger partial charge in [0.25, 0.3) is 0 Å². The van der Waals surface area contributed by atoms with Gasteiger partial charge in [0.2, 0.25) is 17.7 Å². The maximum atomic E-state index is 14.0. The Labute approximate surface area is 278 Å². The van der Waals surface area contributed by atoms with Gasteiger partial charge in [0.15, 0.2) is 0 Å². The van der Waals surface area contributed by atoms with Crippen LogP contribution >= 0.6 is 11.3 Å². The van der Waals surface area contributed by atoms with E-state index in [1.165, 1.54) is 17.8 Å². The Kier molecular flexibility index (Phi) is 16.1. The molecule has 1 aliphatic rings. The van der Waals surface area contributed by atoms with Crippen molar-refractivity contribution >= 4 is 29.1 Å². The molecule has 5 atom stereocenters. The Morgan fingerprint density at radius 1 is 1.04 bits per heavy atom. The fourth-order valence-corrected chi connectivity index (χ4v) is 6.73. The Balaban J connectivity index is 1.83. The third-order valence-electron chi connectivity index (χ3n) is 8.86. The van der Waals surface area contributed by atoms with Gasteiger partial charge in [-0.15, -0.1) is 11.3 Å². The van der Waals surface area contributed by atoms with Crippen molar-refractivity contribution < 1.29 is 29.3 Å². The van der Waals surface area contributed by atoms with E-state index in [2.05, 4.69) is 15.6 Å². The van der Waals surface area contributed by atoms with Crippen LogP contribution in [0.1, 0.15) is 76.5 Å². The molecule has 256 valence electrons. The van der Waals surface area contributed by atoms with Crippen LogP contribution in [-0.4, -0.2) is 89.4 Å². The van der Waals surface area contributed by atoms with Gasteiger partial charge >= 0.3 is 0 Å². The number of carbonyl (C=O) groups excluding carboxylic acids is 3. The van der Waals surface area contributed by atoms with Crippen LogP contribution < -0.4 is 10.6 Å². The van der Waals surface area contributed by atoms with Gasteiger partial charge < -0.3 is 30.5 Å². The summed E-state index contributed by atoms with van der Waals surface area (Å²) in [4.78, 5) is 47.0. The number of aliphatic hydroxyl groups is 2. The fourth-order valence-electron chi connectivity index (χ4n) is 6.16. The van der Waals surface area contributed by atoms with Gasteiger partial charge in [-0.05, 0) is 36.7 Å². The molecule has 1 aliphatic carbocycles. The first kappa shape index (κ1) is 37.6. The van der Waals surface area contributed by atoms with Crippen molar-refractivity contribution in [3.8, 4) is 0 Å². The molecular weight excluding hydrogens is 604 g/mol. The minimum absolute atomic E-state index is 0.0314. The van der Waals surface area contributed by atoms with E-state index in [4.69, 9.17) is 4.74 Å². The monoisotopic (exact) mass is 658 g/mol. The van der Waals surface area contributed by atoms with Crippen molar-refractivity contribution in [1.82, 2.24) is 20.5 Å². The lowest BCUT2D eigenvalue weighted by molar-refractivity contribution is -0.137. The van der Waals surface area contributed by atoms with Crippen LogP contribution in [-0.2, 0) is 32.0 Å². The van der Waals surface area contributed by atoms with Crippen LogP contribution in [0.15, 0.2) is 41.2 Å². The number of hydrogen-bond donors (Lipinski definition) is 4. The summed E-state index contributed by atoms with van der Waals surface area (Å²) in [6, 6.07) is 7.85. The van der Waals surface area contributed by atoms with Crippen molar-refractivity contribution in [3.63, 3.8) is 0 Å². The molecule has 11 heteroatoms. The van der Waals surface area contributed by atoms with E-state index in [0.29, 0.717) is 44.0 Å². The average molecular weight is 659 g/mol. The van der Waals surface area contributed by atoms with Gasteiger partial charge in [-0.25, -0.2) is 4.98 Å². The Hall–Kier alpha value is -2.86. The summed E-state index contributed by atoms with van der Waals surface area (Å²) in [6.45, 7) is 4.75. The highest BCUT2D eigenvalue weighted by Crippen LogP contribution is 2.29. The summed E-state index contributed by atoms with van der Waals surface area (Å²) in [5.41, 5.74) is 3.24. The minimum atomic E-state index is -1.14. The molecule has 1 aromatic carbocycles. The highest BCUT2D eigenvalue weighted by molar-refractivity contribution is 7.07. The second-order valence-electron chi connectivity index (χ2n) is 13.2. The van der Waals surface area contributed by atoms with Gasteiger partial charge in [0.05, 0.1) is 35.9 Å². The highest BCUT2D eigenvalue weighted by atomic mass is 32.1. The van der Waals surface area contributed by atoms with Gasteiger partial charge in [0, 0.05) is 38.9 Å². The predicted molar refractivity (Wildman–Crippen MR) is 180 cm³/mol. The largest absolute Gasteiger partial charge is 0.390 e. The van der Waals surface area contributed by atoms with Crippen molar-refractivity contribution in [2.75, 3.05) is 27.3 Å². The van der Waals surface area contributed by atoms with Crippen LogP contribution in [0.3, 0.4) is 0 Å². The van der Waals surface area contributed by atoms with Crippen molar-refractivity contribution in [2.45, 2.75) is 102 Å². The van der Waals surface area contributed by atoms with Gasteiger partial charge in [0.1, 0.15) is 12.1 Å². The molecule has 3 amide bonds. The average Bonchev–Trinajstić information content (AvgIpc) is 3.56. The van der Waals surface area contributed by atoms with E-state index in [1.54, 1.807) is 24.6 Å². The SMILES string of the molecule is COCCN(C)C(=O)C[C@@H](Cc1ccccc1)C(=O)N[C@@H](Cc1cscn1)C(=O)N[C@@H](CC1CCCCC1)[C@@H](O)[C@@H](O)CC(C)C. The molecule has 1 aromatic heterocycles. The molecular formula is C35H54N4O6S. The lowest BCUT2D eigenvalue weighted by Gasteiger charge is -2.34. The summed E-state index contributed by atoms with van der Waals surface area (Å²) in [5, 5.41) is 30.0. The fraction of sp³-hybridized carbons (Fsp3) is 0.657. The molecule has 0 radical (unpaired) electrons. The number of amides is 3. The molecule has 3 rings (SSSR count). The van der Waals surface area contributed by atoms with E-state index < -0.39 is 42.0 Å². The molecule has 1 fully saturated rings. The lowest BCUT2D eigenvalue weighted by Crippen LogP contribution is -2.56. The van der Waals surface area contributed by atoms with Crippen LogP contribution in [0.4, 0.5) is 0 Å². The third kappa shape index (κ3) is 12.7. The molecule has 0 saturated heterocycles. The van der Waals surface area contributed by atoms with Crippen molar-refractivity contribution in [2.24, 2.45) is 17.8 Å². The maximum Gasteiger partial charge on any atom is 0.243 e. The van der Waals surface area contributed by atoms with Gasteiger partial charge in [-0.2, -0.15) is 0 Å². The molecule has 0 aliphatic heterocycles. The second kappa shape index (κ2) is 19.7. The summed E-state index contributed by atoms with van der Waals surface area (Å²) in [7, 11) is 3.25.